The van der Waals surface area contributed by atoms with Crippen LogP contribution in [-0.4, -0.2) is 31.3 Å². The lowest BCUT2D eigenvalue weighted by molar-refractivity contribution is 0.0696. The Morgan fingerprint density at radius 3 is 2.94 bits per heavy atom. The molecule has 88 valence electrons. The summed E-state index contributed by atoms with van der Waals surface area (Å²) in [5, 5.41) is 20.2. The molecule has 1 aromatic carbocycles. The van der Waals surface area contributed by atoms with Crippen LogP contribution in [0.3, 0.4) is 0 Å². The monoisotopic (exact) mass is 233 g/mol. The third-order valence-electron chi connectivity index (χ3n) is 2.33. The third kappa shape index (κ3) is 1.94. The smallest absolute Gasteiger partial charge is 0.337 e. The van der Waals surface area contributed by atoms with Crippen molar-refractivity contribution in [2.24, 2.45) is 0 Å². The Morgan fingerprint density at radius 2 is 2.29 bits per heavy atom. The van der Waals surface area contributed by atoms with E-state index in [9.17, 15) is 4.79 Å². The van der Waals surface area contributed by atoms with Crippen molar-refractivity contribution >= 4 is 11.7 Å². The van der Waals surface area contributed by atoms with E-state index >= 15 is 0 Å². The van der Waals surface area contributed by atoms with E-state index in [0.717, 1.165) is 0 Å². The van der Waals surface area contributed by atoms with E-state index in [4.69, 9.17) is 10.8 Å². The lowest BCUT2D eigenvalue weighted by Gasteiger charge is -2.07. The summed E-state index contributed by atoms with van der Waals surface area (Å²) in [6.45, 7) is 1.88. The number of carboxylic acid groups (broad SMARTS) is 1. The minimum atomic E-state index is -1.04. The molecule has 0 fully saturated rings. The average Bonchev–Trinajstić information content (AvgIpc) is 2.76. The highest BCUT2D eigenvalue weighted by Gasteiger charge is 2.15. The highest BCUT2D eigenvalue weighted by molar-refractivity contribution is 5.92. The summed E-state index contributed by atoms with van der Waals surface area (Å²) in [7, 11) is 0. The Hall–Kier alpha value is -2.44. The first-order valence-corrected chi connectivity index (χ1v) is 5.04. The number of anilines is 1. The van der Waals surface area contributed by atoms with Crippen molar-refractivity contribution in [3.63, 3.8) is 0 Å². The van der Waals surface area contributed by atoms with Crippen molar-refractivity contribution in [2.75, 3.05) is 5.73 Å². The highest BCUT2D eigenvalue weighted by atomic mass is 16.4. The lowest BCUT2D eigenvalue weighted by Crippen LogP contribution is -2.10. The van der Waals surface area contributed by atoms with Crippen LogP contribution in [0, 0.1) is 0 Å². The molecule has 0 spiro atoms. The zero-order valence-electron chi connectivity index (χ0n) is 9.16. The zero-order chi connectivity index (χ0) is 12.4. The Morgan fingerprint density at radius 1 is 1.53 bits per heavy atom. The van der Waals surface area contributed by atoms with Gasteiger partial charge in [0.1, 0.15) is 0 Å². The second-order valence-corrected chi connectivity index (χ2v) is 3.44. The molecule has 7 heteroatoms. The van der Waals surface area contributed by atoms with Gasteiger partial charge in [0.05, 0.1) is 11.3 Å². The Kier molecular flexibility index (Phi) is 2.73. The van der Waals surface area contributed by atoms with Crippen molar-refractivity contribution in [3.8, 4) is 5.69 Å². The summed E-state index contributed by atoms with van der Waals surface area (Å²) < 4.78 is 1.39. The fourth-order valence-corrected chi connectivity index (χ4v) is 1.52. The van der Waals surface area contributed by atoms with Gasteiger partial charge in [-0.05, 0) is 28.6 Å². The number of aromatic nitrogens is 4. The van der Waals surface area contributed by atoms with E-state index in [-0.39, 0.29) is 5.56 Å². The van der Waals surface area contributed by atoms with Gasteiger partial charge in [0.25, 0.3) is 0 Å². The molecule has 0 unspecified atom stereocenters. The number of carbonyl (C=O) groups is 1. The van der Waals surface area contributed by atoms with Gasteiger partial charge >= 0.3 is 5.97 Å². The van der Waals surface area contributed by atoms with Crippen LogP contribution in [0.2, 0.25) is 0 Å². The number of tetrazole rings is 1. The molecule has 0 aliphatic carbocycles. The number of carboxylic acids is 1. The minimum absolute atomic E-state index is 0.112. The molecule has 2 aromatic rings. The maximum absolute atomic E-state index is 11.1. The van der Waals surface area contributed by atoms with Crippen LogP contribution in [0.1, 0.15) is 23.1 Å². The molecule has 0 saturated carbocycles. The Bertz CT molecular complexity index is 564. The Balaban J connectivity index is 2.65. The van der Waals surface area contributed by atoms with Crippen LogP contribution >= 0.6 is 0 Å². The number of hydrogen-bond acceptors (Lipinski definition) is 5. The van der Waals surface area contributed by atoms with E-state index in [0.29, 0.717) is 23.6 Å². The van der Waals surface area contributed by atoms with E-state index in [1.54, 1.807) is 6.07 Å². The van der Waals surface area contributed by atoms with Crippen LogP contribution in [-0.2, 0) is 6.42 Å². The first kappa shape index (κ1) is 11.1. The van der Waals surface area contributed by atoms with Gasteiger partial charge in [-0.3, -0.25) is 0 Å². The van der Waals surface area contributed by atoms with Gasteiger partial charge in [0, 0.05) is 12.1 Å². The molecule has 0 aliphatic rings. The molecule has 1 heterocycles. The van der Waals surface area contributed by atoms with Gasteiger partial charge in [-0.15, -0.1) is 5.10 Å². The first-order valence-electron chi connectivity index (χ1n) is 5.04. The fraction of sp³-hybridized carbons (Fsp3) is 0.200. The predicted octanol–water partition coefficient (Wildman–Crippen LogP) is 0.505. The number of aryl methyl sites for hydroxylation is 1. The number of nitrogens with two attached hydrogens (primary N) is 1. The van der Waals surface area contributed by atoms with Crippen molar-refractivity contribution in [3.05, 3.63) is 29.6 Å². The summed E-state index contributed by atoms with van der Waals surface area (Å²) in [6, 6.07) is 4.51. The predicted molar refractivity (Wildman–Crippen MR) is 59.9 cm³/mol. The molecule has 0 saturated heterocycles. The molecule has 0 atom stereocenters. The fourth-order valence-electron chi connectivity index (χ4n) is 1.52. The van der Waals surface area contributed by atoms with Crippen LogP contribution in [0.25, 0.3) is 5.69 Å². The first-order chi connectivity index (χ1) is 8.13. The number of nitrogens with zero attached hydrogens (tertiary/aromatic N) is 4. The normalized spacial score (nSPS) is 10.4. The van der Waals surface area contributed by atoms with Gasteiger partial charge in [-0.2, -0.15) is 4.68 Å². The maximum Gasteiger partial charge on any atom is 0.337 e. The quantitative estimate of drug-likeness (QED) is 0.748. The Labute approximate surface area is 96.9 Å². The third-order valence-corrected chi connectivity index (χ3v) is 2.33. The minimum Gasteiger partial charge on any atom is -0.478 e. The van der Waals surface area contributed by atoms with E-state index in [2.05, 4.69) is 15.5 Å². The van der Waals surface area contributed by atoms with Crippen molar-refractivity contribution in [2.45, 2.75) is 13.3 Å². The summed E-state index contributed by atoms with van der Waals surface area (Å²) >= 11 is 0. The number of rotatable bonds is 3. The summed E-state index contributed by atoms with van der Waals surface area (Å²) in [6.07, 6.45) is 0.598. The van der Waals surface area contributed by atoms with Gasteiger partial charge in [0.15, 0.2) is 5.82 Å². The molecule has 0 aliphatic heterocycles. The summed E-state index contributed by atoms with van der Waals surface area (Å²) in [4.78, 5) is 11.1. The molecule has 1 aromatic heterocycles. The molecule has 7 nitrogen and oxygen atoms in total. The zero-order valence-corrected chi connectivity index (χ0v) is 9.16. The molecule has 0 bridgehead atoms. The number of hydrogen-bond donors (Lipinski definition) is 2. The topological polar surface area (TPSA) is 107 Å². The molecule has 17 heavy (non-hydrogen) atoms. The van der Waals surface area contributed by atoms with Crippen molar-refractivity contribution in [1.29, 1.82) is 0 Å². The maximum atomic E-state index is 11.1. The molecule has 0 radical (unpaired) electrons. The second-order valence-electron chi connectivity index (χ2n) is 3.44. The average molecular weight is 233 g/mol. The van der Waals surface area contributed by atoms with E-state index < -0.39 is 5.97 Å². The largest absolute Gasteiger partial charge is 0.478 e. The van der Waals surface area contributed by atoms with Crippen molar-refractivity contribution < 1.29 is 9.90 Å². The van der Waals surface area contributed by atoms with Crippen LogP contribution in [0.5, 0.6) is 0 Å². The molecular weight excluding hydrogens is 222 g/mol. The molecule has 0 amide bonds. The van der Waals surface area contributed by atoms with Gasteiger partial charge in [-0.25, -0.2) is 4.79 Å². The molecule has 2 rings (SSSR count). The van der Waals surface area contributed by atoms with Crippen molar-refractivity contribution in [1.82, 2.24) is 20.2 Å². The SMILES string of the molecule is CCc1nnnn1-c1cc(N)ccc1C(=O)O. The number of benzene rings is 1. The van der Waals surface area contributed by atoms with Crippen LogP contribution < -0.4 is 5.73 Å². The standard InChI is InChI=1S/C10H11N5O2/c1-2-9-12-13-14-15(9)8-5-6(11)3-4-7(8)10(16)17/h3-5H,2,11H2,1H3,(H,16,17). The van der Waals surface area contributed by atoms with Crippen LogP contribution in [0.4, 0.5) is 5.69 Å². The summed E-state index contributed by atoms with van der Waals surface area (Å²) in [5.41, 5.74) is 6.60. The number of nitrogen functional groups attached to an aromatic ring is 1. The van der Waals surface area contributed by atoms with Gasteiger partial charge < -0.3 is 10.8 Å². The summed E-state index contributed by atoms with van der Waals surface area (Å²) in [5.74, 6) is -0.462. The molecule has 3 N–H and O–H groups in total. The molecular formula is C10H11N5O2. The lowest BCUT2D eigenvalue weighted by atomic mass is 10.1. The van der Waals surface area contributed by atoms with E-state index in [1.165, 1.54) is 16.8 Å². The van der Waals surface area contributed by atoms with E-state index in [1.807, 2.05) is 6.92 Å². The van der Waals surface area contributed by atoms with Gasteiger partial charge in [-0.1, -0.05) is 6.92 Å². The number of aromatic carboxylic acids is 1. The van der Waals surface area contributed by atoms with Crippen LogP contribution in [0.15, 0.2) is 18.2 Å². The highest BCUT2D eigenvalue weighted by Crippen LogP contribution is 2.18. The second kappa shape index (κ2) is 4.20. The van der Waals surface area contributed by atoms with Gasteiger partial charge in [0.2, 0.25) is 0 Å².